The summed E-state index contributed by atoms with van der Waals surface area (Å²) in [5.41, 5.74) is 8.66. The predicted octanol–water partition coefficient (Wildman–Crippen LogP) is 4.44. The highest BCUT2D eigenvalue weighted by Gasteiger charge is 2.12. The first-order chi connectivity index (χ1) is 10.1. The fourth-order valence-corrected chi connectivity index (χ4v) is 2.81. The van der Waals surface area contributed by atoms with E-state index >= 15 is 0 Å². The van der Waals surface area contributed by atoms with Gasteiger partial charge in [0.05, 0.1) is 5.69 Å². The molecule has 1 heterocycles. The van der Waals surface area contributed by atoms with Gasteiger partial charge >= 0.3 is 0 Å². The molecule has 4 heteroatoms. The fourth-order valence-electron chi connectivity index (χ4n) is 1.75. The summed E-state index contributed by atoms with van der Waals surface area (Å²) in [6.45, 7) is 12.4. The maximum Gasteiger partial charge on any atom is 0.180 e. The summed E-state index contributed by atoms with van der Waals surface area (Å²) < 4.78 is 0. The van der Waals surface area contributed by atoms with Crippen molar-refractivity contribution in [2.24, 2.45) is 5.92 Å². The molecule has 0 fully saturated rings. The summed E-state index contributed by atoms with van der Waals surface area (Å²) >= 11 is 1.58. The molecule has 0 aliphatic carbocycles. The largest absolute Gasteiger partial charge is 0.375 e. The van der Waals surface area contributed by atoms with Crippen molar-refractivity contribution in [2.45, 2.75) is 48.0 Å². The van der Waals surface area contributed by atoms with Crippen molar-refractivity contribution < 1.29 is 0 Å². The van der Waals surface area contributed by atoms with Crippen molar-refractivity contribution in [1.29, 1.82) is 0 Å². The predicted molar refractivity (Wildman–Crippen MR) is 98.6 cm³/mol. The van der Waals surface area contributed by atoms with E-state index in [1.54, 1.807) is 11.3 Å². The Morgan fingerprint density at radius 2 is 1.62 bits per heavy atom. The molecule has 2 radical (unpaired) electrons. The maximum absolute atomic E-state index is 5.81. The van der Waals surface area contributed by atoms with E-state index in [1.807, 2.05) is 52.0 Å². The fraction of sp³-hybridized carbons (Fsp3) is 0.471. The molecule has 114 valence electrons. The summed E-state index contributed by atoms with van der Waals surface area (Å²) in [5, 5.41) is 0.632. The second-order valence-electron chi connectivity index (χ2n) is 4.54. The van der Waals surface area contributed by atoms with Crippen LogP contribution in [-0.2, 0) is 6.42 Å². The molecule has 0 aliphatic heterocycles. The van der Waals surface area contributed by atoms with Crippen molar-refractivity contribution >= 4 is 29.8 Å². The summed E-state index contributed by atoms with van der Waals surface area (Å²) in [6, 6.07) is 7.77. The Morgan fingerprint density at radius 1 is 1.10 bits per heavy atom. The molecule has 2 rings (SSSR count). The molecule has 0 atom stereocenters. The van der Waals surface area contributed by atoms with E-state index in [1.165, 1.54) is 4.88 Å². The van der Waals surface area contributed by atoms with Crippen LogP contribution < -0.4 is 11.2 Å². The monoisotopic (exact) mass is 302 g/mol. The quantitative estimate of drug-likeness (QED) is 0.851. The lowest BCUT2D eigenvalue weighted by Crippen LogP contribution is -2.00. The Labute approximate surface area is 135 Å². The second-order valence-corrected chi connectivity index (χ2v) is 5.66. The van der Waals surface area contributed by atoms with Crippen LogP contribution >= 0.6 is 11.3 Å². The molecule has 2 aromatic rings. The van der Waals surface area contributed by atoms with Crippen LogP contribution in [0.1, 0.15) is 46.4 Å². The van der Waals surface area contributed by atoms with Gasteiger partial charge in [-0.25, -0.2) is 4.98 Å². The van der Waals surface area contributed by atoms with Crippen molar-refractivity contribution in [3.05, 3.63) is 29.1 Å². The molecule has 2 nitrogen and oxygen atoms in total. The normalized spacial score (nSPS) is 9.48. The van der Waals surface area contributed by atoms with E-state index in [-0.39, 0.29) is 0 Å². The summed E-state index contributed by atoms with van der Waals surface area (Å²) in [4.78, 5) is 5.67. The molecule has 0 unspecified atom stereocenters. The Bertz CT molecular complexity index is 504. The lowest BCUT2D eigenvalue weighted by molar-refractivity contribution is 0.654. The highest BCUT2D eigenvalue weighted by atomic mass is 32.1. The Kier molecular flexibility index (Phi) is 9.80. The smallest absolute Gasteiger partial charge is 0.180 e. The van der Waals surface area contributed by atoms with Crippen LogP contribution in [0, 0.1) is 5.92 Å². The lowest BCUT2D eigenvalue weighted by Gasteiger charge is -2.05. The highest BCUT2D eigenvalue weighted by Crippen LogP contribution is 2.31. The number of rotatable bonds is 3. The SMILES string of the molecule is CC.CC.[B]c1ccc(-c2nc(N)sc2CC(C)C)cc1. The van der Waals surface area contributed by atoms with E-state index in [2.05, 4.69) is 18.8 Å². The zero-order valence-electron chi connectivity index (χ0n) is 14.1. The third kappa shape index (κ3) is 6.34. The van der Waals surface area contributed by atoms with E-state index in [4.69, 9.17) is 13.6 Å². The van der Waals surface area contributed by atoms with Gasteiger partial charge in [0.1, 0.15) is 7.85 Å². The number of hydrogen-bond acceptors (Lipinski definition) is 3. The molecule has 0 saturated carbocycles. The lowest BCUT2D eigenvalue weighted by atomic mass is 9.94. The number of nitrogens with zero attached hydrogens (tertiary/aromatic N) is 1. The minimum atomic E-state index is 0.599. The van der Waals surface area contributed by atoms with Crippen LogP contribution in [0.2, 0.25) is 0 Å². The van der Waals surface area contributed by atoms with E-state index in [9.17, 15) is 0 Å². The molecule has 0 bridgehead atoms. The first-order valence-corrected chi connectivity index (χ1v) is 8.49. The summed E-state index contributed by atoms with van der Waals surface area (Å²) in [7, 11) is 5.69. The van der Waals surface area contributed by atoms with Crippen molar-refractivity contribution in [3.8, 4) is 11.3 Å². The highest BCUT2D eigenvalue weighted by molar-refractivity contribution is 7.15. The van der Waals surface area contributed by atoms with Crippen LogP contribution in [0.5, 0.6) is 0 Å². The van der Waals surface area contributed by atoms with Gasteiger partial charge in [0.15, 0.2) is 5.13 Å². The zero-order valence-corrected chi connectivity index (χ0v) is 14.9. The Morgan fingerprint density at radius 3 is 2.10 bits per heavy atom. The van der Waals surface area contributed by atoms with Gasteiger partial charge < -0.3 is 5.73 Å². The third-order valence-corrected chi connectivity index (χ3v) is 3.40. The van der Waals surface area contributed by atoms with E-state index in [0.29, 0.717) is 11.0 Å². The van der Waals surface area contributed by atoms with E-state index in [0.717, 1.165) is 23.1 Å². The number of nitrogens with two attached hydrogens (primary N) is 1. The van der Waals surface area contributed by atoms with Crippen molar-refractivity contribution in [3.63, 3.8) is 0 Å². The number of anilines is 1. The van der Waals surface area contributed by atoms with Gasteiger partial charge in [0.2, 0.25) is 0 Å². The molecule has 2 N–H and O–H groups in total. The number of nitrogen functional groups attached to an aromatic ring is 1. The van der Waals surface area contributed by atoms with Gasteiger partial charge in [0.25, 0.3) is 0 Å². The van der Waals surface area contributed by atoms with Crippen molar-refractivity contribution in [1.82, 2.24) is 4.98 Å². The Hall–Kier alpha value is -1.29. The molecule has 0 saturated heterocycles. The Balaban J connectivity index is 0.000000921. The molecule has 0 spiro atoms. The van der Waals surface area contributed by atoms with Gasteiger partial charge in [-0.05, 0) is 12.3 Å². The first kappa shape index (κ1) is 19.7. The minimum absolute atomic E-state index is 0.599. The molecule has 0 aliphatic rings. The first-order valence-electron chi connectivity index (χ1n) is 7.67. The topological polar surface area (TPSA) is 38.9 Å². The summed E-state index contributed by atoms with van der Waals surface area (Å²) in [6.07, 6.45) is 1.01. The molecular weight excluding hydrogens is 275 g/mol. The van der Waals surface area contributed by atoms with Crippen LogP contribution in [0.3, 0.4) is 0 Å². The number of hydrogen-bond donors (Lipinski definition) is 1. The van der Waals surface area contributed by atoms with Crippen LogP contribution in [0.15, 0.2) is 24.3 Å². The standard InChI is InChI=1S/C13H15BN2S.2C2H6/c1-8(2)7-11-12(16-13(15)17-11)9-3-5-10(14)6-4-9;2*1-2/h3-6,8H,7H2,1-2H3,(H2,15,16);2*1-2H3. The number of aromatic nitrogens is 1. The number of thiazole rings is 1. The number of benzene rings is 1. The average Bonchev–Trinajstić information content (AvgIpc) is 2.84. The molecule has 1 aromatic carbocycles. The van der Waals surface area contributed by atoms with Crippen LogP contribution in [0.4, 0.5) is 5.13 Å². The van der Waals surface area contributed by atoms with Gasteiger partial charge in [0, 0.05) is 10.4 Å². The van der Waals surface area contributed by atoms with E-state index < -0.39 is 0 Å². The third-order valence-electron chi connectivity index (χ3n) is 2.49. The van der Waals surface area contributed by atoms with Gasteiger partial charge in [-0.15, -0.1) is 11.3 Å². The van der Waals surface area contributed by atoms with Crippen LogP contribution in [-0.4, -0.2) is 12.8 Å². The molecular formula is C17H27BN2S. The zero-order chi connectivity index (χ0) is 16.4. The molecule has 21 heavy (non-hydrogen) atoms. The van der Waals surface area contributed by atoms with Crippen LogP contribution in [0.25, 0.3) is 11.3 Å². The van der Waals surface area contributed by atoms with Gasteiger partial charge in [-0.3, -0.25) is 0 Å². The second kappa shape index (κ2) is 10.4. The van der Waals surface area contributed by atoms with Gasteiger partial charge in [-0.1, -0.05) is 71.3 Å². The molecule has 0 amide bonds. The van der Waals surface area contributed by atoms with Crippen molar-refractivity contribution in [2.75, 3.05) is 5.73 Å². The summed E-state index contributed by atoms with van der Waals surface area (Å²) in [5.74, 6) is 0.599. The minimum Gasteiger partial charge on any atom is -0.375 e. The molecule has 1 aromatic heterocycles. The maximum atomic E-state index is 5.81. The van der Waals surface area contributed by atoms with Gasteiger partial charge in [-0.2, -0.15) is 0 Å². The average molecular weight is 302 g/mol.